The summed E-state index contributed by atoms with van der Waals surface area (Å²) in [6, 6.07) is 3.68. The van der Waals surface area contributed by atoms with Crippen LogP contribution in [0.2, 0.25) is 0 Å². The number of carbonyl (C=O) groups excluding carboxylic acids is 1. The van der Waals surface area contributed by atoms with Crippen molar-refractivity contribution in [1.82, 2.24) is 0 Å². The predicted octanol–water partition coefficient (Wildman–Crippen LogP) is 3.66. The van der Waals surface area contributed by atoms with Gasteiger partial charge in [0.25, 0.3) is 0 Å². The van der Waals surface area contributed by atoms with E-state index in [1.165, 1.54) is 0 Å². The van der Waals surface area contributed by atoms with E-state index in [2.05, 4.69) is 38.5 Å². The highest BCUT2D eigenvalue weighted by atomic mass is 127. The summed E-state index contributed by atoms with van der Waals surface area (Å²) >= 11 is 5.48. The molecule has 0 aliphatic heterocycles. The fraction of sp³-hybridized carbons (Fsp3) is 0.300. The third-order valence-corrected chi connectivity index (χ3v) is 3.25. The molecule has 0 radical (unpaired) electrons. The Kier molecular flexibility index (Phi) is 4.37. The van der Waals surface area contributed by atoms with Crippen molar-refractivity contribution in [1.29, 1.82) is 0 Å². The first-order chi connectivity index (χ1) is 6.56. The largest absolute Gasteiger partial charge is 0.493 e. The molecule has 1 aromatic carbocycles. The molecule has 0 unspecified atom stereocenters. The van der Waals surface area contributed by atoms with Crippen molar-refractivity contribution < 1.29 is 9.53 Å². The second-order valence-electron chi connectivity index (χ2n) is 2.75. The van der Waals surface area contributed by atoms with Gasteiger partial charge in [0.2, 0.25) is 0 Å². The second-order valence-corrected chi connectivity index (χ2v) is 4.75. The van der Waals surface area contributed by atoms with E-state index in [1.54, 1.807) is 6.92 Å². The van der Waals surface area contributed by atoms with E-state index in [9.17, 15) is 4.79 Å². The van der Waals surface area contributed by atoms with E-state index >= 15 is 0 Å². The molecule has 0 aromatic heterocycles. The third-order valence-electron chi connectivity index (χ3n) is 1.68. The van der Waals surface area contributed by atoms with Gasteiger partial charge in [-0.3, -0.25) is 4.79 Å². The zero-order valence-corrected chi connectivity index (χ0v) is 11.7. The number of Topliss-reactive ketones (excluding diaryl/α,β-unsaturated/α-hetero) is 1. The molecule has 0 N–H and O–H groups in total. The SMILES string of the molecule is CCOc1cc(Br)cc(C(C)=O)c1I. The Labute approximate surface area is 105 Å². The first-order valence-corrected chi connectivity index (χ1v) is 6.06. The van der Waals surface area contributed by atoms with E-state index < -0.39 is 0 Å². The fourth-order valence-electron chi connectivity index (χ4n) is 1.08. The number of carbonyl (C=O) groups is 1. The van der Waals surface area contributed by atoms with Crippen LogP contribution in [0, 0.1) is 3.57 Å². The number of ether oxygens (including phenoxy) is 1. The number of ketones is 1. The summed E-state index contributed by atoms with van der Waals surface area (Å²) in [5.41, 5.74) is 0.698. The van der Waals surface area contributed by atoms with Gasteiger partial charge in [0.15, 0.2) is 5.78 Å². The van der Waals surface area contributed by atoms with Crippen LogP contribution in [0.5, 0.6) is 5.75 Å². The molecule has 1 aromatic rings. The Morgan fingerprint density at radius 2 is 2.21 bits per heavy atom. The van der Waals surface area contributed by atoms with Crippen LogP contribution >= 0.6 is 38.5 Å². The summed E-state index contributed by atoms with van der Waals surface area (Å²) in [7, 11) is 0. The summed E-state index contributed by atoms with van der Waals surface area (Å²) < 4.78 is 7.16. The molecule has 0 aliphatic rings. The van der Waals surface area contributed by atoms with Crippen LogP contribution in [0.1, 0.15) is 24.2 Å². The second kappa shape index (κ2) is 5.11. The zero-order chi connectivity index (χ0) is 10.7. The smallest absolute Gasteiger partial charge is 0.161 e. The Hall–Kier alpha value is -0.100. The minimum atomic E-state index is 0.0525. The van der Waals surface area contributed by atoms with Gasteiger partial charge in [-0.1, -0.05) is 15.9 Å². The van der Waals surface area contributed by atoms with Gasteiger partial charge in [0.1, 0.15) is 5.75 Å². The molecule has 0 fully saturated rings. The Balaban J connectivity index is 3.24. The number of halogens is 2. The lowest BCUT2D eigenvalue weighted by molar-refractivity contribution is 0.101. The lowest BCUT2D eigenvalue weighted by atomic mass is 10.1. The summed E-state index contributed by atoms with van der Waals surface area (Å²) in [6.45, 7) is 4.08. The van der Waals surface area contributed by atoms with Crippen molar-refractivity contribution in [3.63, 3.8) is 0 Å². The summed E-state index contributed by atoms with van der Waals surface area (Å²) in [5, 5.41) is 0. The highest BCUT2D eigenvalue weighted by Crippen LogP contribution is 2.29. The van der Waals surface area contributed by atoms with Crippen LogP contribution in [0.3, 0.4) is 0 Å². The topological polar surface area (TPSA) is 26.3 Å². The highest BCUT2D eigenvalue weighted by Gasteiger charge is 2.11. The predicted molar refractivity (Wildman–Crippen MR) is 68.0 cm³/mol. The molecule has 2 nitrogen and oxygen atoms in total. The average Bonchev–Trinajstić information content (AvgIpc) is 2.10. The Morgan fingerprint density at radius 1 is 1.57 bits per heavy atom. The van der Waals surface area contributed by atoms with Crippen molar-refractivity contribution in [3.8, 4) is 5.75 Å². The molecule has 1 rings (SSSR count). The van der Waals surface area contributed by atoms with Gasteiger partial charge in [0, 0.05) is 10.0 Å². The van der Waals surface area contributed by atoms with Crippen molar-refractivity contribution in [2.24, 2.45) is 0 Å². The van der Waals surface area contributed by atoms with Gasteiger partial charge in [-0.25, -0.2) is 0 Å². The fourth-order valence-corrected chi connectivity index (χ4v) is 2.36. The van der Waals surface area contributed by atoms with Gasteiger partial charge < -0.3 is 4.74 Å². The van der Waals surface area contributed by atoms with E-state index in [-0.39, 0.29) is 5.78 Å². The van der Waals surface area contributed by atoms with Crippen LogP contribution < -0.4 is 4.74 Å². The third kappa shape index (κ3) is 2.70. The van der Waals surface area contributed by atoms with Gasteiger partial charge in [0.05, 0.1) is 10.2 Å². The van der Waals surface area contributed by atoms with E-state index in [0.29, 0.717) is 12.2 Å². The molecular formula is C10H10BrIO2. The summed E-state index contributed by atoms with van der Waals surface area (Å²) in [4.78, 5) is 11.3. The Morgan fingerprint density at radius 3 is 2.71 bits per heavy atom. The van der Waals surface area contributed by atoms with Crippen LogP contribution in [-0.4, -0.2) is 12.4 Å². The van der Waals surface area contributed by atoms with Crippen LogP contribution in [0.4, 0.5) is 0 Å². The normalized spacial score (nSPS) is 10.0. The minimum absolute atomic E-state index is 0.0525. The van der Waals surface area contributed by atoms with Crippen LogP contribution in [0.25, 0.3) is 0 Å². The average molecular weight is 369 g/mol. The van der Waals surface area contributed by atoms with E-state index in [1.807, 2.05) is 19.1 Å². The molecule has 0 heterocycles. The van der Waals surface area contributed by atoms with Crippen molar-refractivity contribution in [2.45, 2.75) is 13.8 Å². The lowest BCUT2D eigenvalue weighted by Crippen LogP contribution is -2.01. The van der Waals surface area contributed by atoms with Gasteiger partial charge in [-0.05, 0) is 48.6 Å². The minimum Gasteiger partial charge on any atom is -0.493 e. The summed E-state index contributed by atoms with van der Waals surface area (Å²) in [6.07, 6.45) is 0. The maximum Gasteiger partial charge on any atom is 0.161 e. The molecule has 0 spiro atoms. The van der Waals surface area contributed by atoms with Gasteiger partial charge >= 0.3 is 0 Å². The lowest BCUT2D eigenvalue weighted by Gasteiger charge is -2.09. The van der Waals surface area contributed by atoms with Crippen molar-refractivity contribution >= 4 is 44.3 Å². The highest BCUT2D eigenvalue weighted by molar-refractivity contribution is 14.1. The quantitative estimate of drug-likeness (QED) is 0.601. The standard InChI is InChI=1S/C10H10BrIO2/c1-3-14-9-5-7(11)4-8(6(2)13)10(9)12/h4-5H,3H2,1-2H3. The maximum atomic E-state index is 11.3. The van der Waals surface area contributed by atoms with Gasteiger partial charge in [-0.2, -0.15) is 0 Å². The molecule has 0 saturated heterocycles. The first-order valence-electron chi connectivity index (χ1n) is 4.19. The molecule has 0 aliphatic carbocycles. The van der Waals surface area contributed by atoms with E-state index in [0.717, 1.165) is 13.8 Å². The molecule has 14 heavy (non-hydrogen) atoms. The summed E-state index contributed by atoms with van der Waals surface area (Å²) in [5.74, 6) is 0.810. The number of rotatable bonds is 3. The zero-order valence-electron chi connectivity index (χ0n) is 7.93. The Bertz CT molecular complexity index is 363. The van der Waals surface area contributed by atoms with E-state index in [4.69, 9.17) is 4.74 Å². The molecule has 0 bridgehead atoms. The number of hydrogen-bond acceptors (Lipinski definition) is 2. The van der Waals surface area contributed by atoms with Crippen LogP contribution in [0.15, 0.2) is 16.6 Å². The van der Waals surface area contributed by atoms with Gasteiger partial charge in [-0.15, -0.1) is 0 Å². The molecule has 0 atom stereocenters. The molecule has 4 heteroatoms. The monoisotopic (exact) mass is 368 g/mol. The molecule has 0 saturated carbocycles. The number of hydrogen-bond donors (Lipinski definition) is 0. The number of benzene rings is 1. The maximum absolute atomic E-state index is 11.3. The van der Waals surface area contributed by atoms with Crippen molar-refractivity contribution in [3.05, 3.63) is 25.7 Å². The van der Waals surface area contributed by atoms with Crippen LogP contribution in [-0.2, 0) is 0 Å². The van der Waals surface area contributed by atoms with Crippen molar-refractivity contribution in [2.75, 3.05) is 6.61 Å². The molecule has 76 valence electrons. The molecular weight excluding hydrogens is 359 g/mol. The first kappa shape index (κ1) is 12.0. The molecule has 0 amide bonds.